The van der Waals surface area contributed by atoms with Crippen LogP contribution in [0.15, 0.2) is 54.6 Å². The fraction of sp³-hybridized carbons (Fsp3) is 0.500. The predicted molar refractivity (Wildman–Crippen MR) is 123 cm³/mol. The molecule has 2 saturated heterocycles. The van der Waals surface area contributed by atoms with Crippen LogP contribution >= 0.6 is 0 Å². The first kappa shape index (κ1) is 22.8. The van der Waals surface area contributed by atoms with E-state index in [4.69, 9.17) is 9.47 Å². The second kappa shape index (κ2) is 10.9. The van der Waals surface area contributed by atoms with E-state index in [2.05, 4.69) is 24.0 Å². The van der Waals surface area contributed by atoms with Crippen molar-refractivity contribution in [3.8, 4) is 5.75 Å². The SMILES string of the molecule is CC1CCN(C(=O)COc2ccccc2CN2CCO[C@H](CO)[C@H]2c2ccccc2)CC1. The van der Waals surface area contributed by atoms with E-state index in [0.717, 1.165) is 49.4 Å². The summed E-state index contributed by atoms with van der Waals surface area (Å²) in [5.74, 6) is 1.49. The van der Waals surface area contributed by atoms with Crippen LogP contribution in [0.1, 0.15) is 36.9 Å². The topological polar surface area (TPSA) is 62.2 Å². The molecule has 2 aliphatic heterocycles. The van der Waals surface area contributed by atoms with Gasteiger partial charge in [0.15, 0.2) is 6.61 Å². The smallest absolute Gasteiger partial charge is 0.260 e. The molecule has 1 N–H and O–H groups in total. The number of aliphatic hydroxyl groups is 1. The summed E-state index contributed by atoms with van der Waals surface area (Å²) in [5, 5.41) is 9.93. The Morgan fingerprint density at radius 1 is 1.06 bits per heavy atom. The number of hydrogen-bond donors (Lipinski definition) is 1. The minimum Gasteiger partial charge on any atom is -0.483 e. The summed E-state index contributed by atoms with van der Waals surface area (Å²) >= 11 is 0. The first-order chi connectivity index (χ1) is 15.7. The Morgan fingerprint density at radius 3 is 2.53 bits per heavy atom. The highest BCUT2D eigenvalue weighted by Crippen LogP contribution is 2.32. The molecule has 6 heteroatoms. The maximum atomic E-state index is 12.6. The van der Waals surface area contributed by atoms with E-state index < -0.39 is 0 Å². The molecule has 172 valence electrons. The van der Waals surface area contributed by atoms with Gasteiger partial charge >= 0.3 is 0 Å². The lowest BCUT2D eigenvalue weighted by Gasteiger charge is -2.41. The van der Waals surface area contributed by atoms with Crippen molar-refractivity contribution in [2.24, 2.45) is 5.92 Å². The number of hydrogen-bond acceptors (Lipinski definition) is 5. The van der Waals surface area contributed by atoms with Gasteiger partial charge < -0.3 is 19.5 Å². The Bertz CT molecular complexity index is 867. The maximum Gasteiger partial charge on any atom is 0.260 e. The minimum atomic E-state index is -0.276. The quantitative estimate of drug-likeness (QED) is 0.719. The Hall–Kier alpha value is -2.41. The molecule has 4 rings (SSSR count). The summed E-state index contributed by atoms with van der Waals surface area (Å²) in [6.45, 7) is 5.90. The van der Waals surface area contributed by atoms with Gasteiger partial charge in [0, 0.05) is 31.7 Å². The molecule has 32 heavy (non-hydrogen) atoms. The van der Waals surface area contributed by atoms with Crippen molar-refractivity contribution in [1.29, 1.82) is 0 Å². The number of likely N-dealkylation sites (tertiary alicyclic amines) is 1. The number of para-hydroxylation sites is 1. The van der Waals surface area contributed by atoms with E-state index in [1.165, 1.54) is 0 Å². The van der Waals surface area contributed by atoms with Crippen LogP contribution in [0.2, 0.25) is 0 Å². The standard InChI is InChI=1S/C26H34N2O4/c1-20-11-13-27(14-12-20)25(30)19-32-23-10-6-5-9-22(23)17-28-15-16-31-24(18-29)26(28)21-7-3-2-4-8-21/h2-10,20,24,26,29H,11-19H2,1H3/t24-,26-/m1/s1. The van der Waals surface area contributed by atoms with Gasteiger partial charge in [-0.25, -0.2) is 0 Å². The molecule has 2 aromatic carbocycles. The van der Waals surface area contributed by atoms with Crippen molar-refractivity contribution in [1.82, 2.24) is 9.80 Å². The molecule has 0 aromatic heterocycles. The summed E-state index contributed by atoms with van der Waals surface area (Å²) < 4.78 is 11.9. The molecular weight excluding hydrogens is 404 g/mol. The van der Waals surface area contributed by atoms with E-state index in [1.54, 1.807) is 0 Å². The summed E-state index contributed by atoms with van der Waals surface area (Å²) in [4.78, 5) is 16.9. The fourth-order valence-corrected chi connectivity index (χ4v) is 4.68. The molecule has 0 radical (unpaired) electrons. The molecule has 2 atom stereocenters. The van der Waals surface area contributed by atoms with Crippen LogP contribution in [-0.4, -0.2) is 66.4 Å². The molecule has 2 fully saturated rings. The maximum absolute atomic E-state index is 12.6. The molecule has 0 saturated carbocycles. The lowest BCUT2D eigenvalue weighted by Crippen LogP contribution is -2.46. The number of benzene rings is 2. The van der Waals surface area contributed by atoms with Gasteiger partial charge in [-0.15, -0.1) is 0 Å². The average Bonchev–Trinajstić information content (AvgIpc) is 2.84. The van der Waals surface area contributed by atoms with Gasteiger partial charge in [-0.1, -0.05) is 55.5 Å². The van der Waals surface area contributed by atoms with Crippen LogP contribution in [0.25, 0.3) is 0 Å². The van der Waals surface area contributed by atoms with Crippen LogP contribution in [0.3, 0.4) is 0 Å². The van der Waals surface area contributed by atoms with E-state index in [-0.39, 0.29) is 31.3 Å². The highest BCUT2D eigenvalue weighted by atomic mass is 16.5. The summed E-state index contributed by atoms with van der Waals surface area (Å²) in [5.41, 5.74) is 2.16. The number of morpholine rings is 1. The molecule has 0 bridgehead atoms. The molecule has 2 aliphatic rings. The lowest BCUT2D eigenvalue weighted by molar-refractivity contribution is -0.134. The van der Waals surface area contributed by atoms with E-state index in [9.17, 15) is 9.90 Å². The van der Waals surface area contributed by atoms with Gasteiger partial charge in [0.25, 0.3) is 5.91 Å². The summed E-state index contributed by atoms with van der Waals surface area (Å²) in [6.07, 6.45) is 1.85. The van der Waals surface area contributed by atoms with E-state index in [1.807, 2.05) is 47.4 Å². The van der Waals surface area contributed by atoms with Crippen LogP contribution in [0.4, 0.5) is 0 Å². The third-order valence-corrected chi connectivity index (χ3v) is 6.61. The van der Waals surface area contributed by atoms with Crippen molar-refractivity contribution in [3.63, 3.8) is 0 Å². The lowest BCUT2D eigenvalue weighted by atomic mass is 9.97. The average molecular weight is 439 g/mol. The van der Waals surface area contributed by atoms with Gasteiger partial charge in [-0.3, -0.25) is 9.69 Å². The third-order valence-electron chi connectivity index (χ3n) is 6.61. The second-order valence-corrected chi connectivity index (χ2v) is 8.88. The number of carbonyl (C=O) groups is 1. The Morgan fingerprint density at radius 2 is 1.78 bits per heavy atom. The fourth-order valence-electron chi connectivity index (χ4n) is 4.68. The van der Waals surface area contributed by atoms with E-state index >= 15 is 0 Å². The van der Waals surface area contributed by atoms with Crippen molar-refractivity contribution in [3.05, 3.63) is 65.7 Å². The van der Waals surface area contributed by atoms with Gasteiger partial charge in [-0.05, 0) is 30.4 Å². The first-order valence-corrected chi connectivity index (χ1v) is 11.7. The normalized spacial score (nSPS) is 22.6. The van der Waals surface area contributed by atoms with Gasteiger partial charge in [-0.2, -0.15) is 0 Å². The van der Waals surface area contributed by atoms with Crippen molar-refractivity contribution in [2.45, 2.75) is 38.5 Å². The molecule has 0 aliphatic carbocycles. The summed E-state index contributed by atoms with van der Waals surface area (Å²) in [7, 11) is 0. The van der Waals surface area contributed by atoms with Crippen molar-refractivity contribution >= 4 is 5.91 Å². The predicted octanol–water partition coefficient (Wildman–Crippen LogP) is 3.26. The van der Waals surface area contributed by atoms with Crippen LogP contribution in [0.5, 0.6) is 5.75 Å². The Kier molecular flexibility index (Phi) is 7.79. The number of aliphatic hydroxyl groups excluding tert-OH is 1. The molecule has 0 unspecified atom stereocenters. The largest absolute Gasteiger partial charge is 0.483 e. The van der Waals surface area contributed by atoms with E-state index in [0.29, 0.717) is 19.1 Å². The molecule has 1 amide bonds. The molecule has 2 aromatic rings. The van der Waals surface area contributed by atoms with Gasteiger partial charge in [0.05, 0.1) is 19.3 Å². The number of piperidine rings is 1. The minimum absolute atomic E-state index is 0.0306. The number of amides is 1. The monoisotopic (exact) mass is 438 g/mol. The molecule has 2 heterocycles. The van der Waals surface area contributed by atoms with Crippen molar-refractivity contribution < 1.29 is 19.4 Å². The van der Waals surface area contributed by atoms with Crippen LogP contribution in [0, 0.1) is 5.92 Å². The molecule has 6 nitrogen and oxygen atoms in total. The zero-order valence-corrected chi connectivity index (χ0v) is 18.9. The number of nitrogens with zero attached hydrogens (tertiary/aromatic N) is 2. The number of ether oxygens (including phenoxy) is 2. The molecule has 0 spiro atoms. The Balaban J connectivity index is 1.45. The zero-order valence-electron chi connectivity index (χ0n) is 18.9. The first-order valence-electron chi connectivity index (χ1n) is 11.7. The zero-order chi connectivity index (χ0) is 22.3. The summed E-state index contributed by atoms with van der Waals surface area (Å²) in [6, 6.07) is 18.1. The Labute approximate surface area is 190 Å². The highest BCUT2D eigenvalue weighted by molar-refractivity contribution is 5.77. The van der Waals surface area contributed by atoms with Gasteiger partial charge in [0.2, 0.25) is 0 Å². The second-order valence-electron chi connectivity index (χ2n) is 8.88. The third kappa shape index (κ3) is 5.49. The van der Waals surface area contributed by atoms with Crippen LogP contribution in [-0.2, 0) is 16.1 Å². The number of carbonyl (C=O) groups excluding carboxylic acids is 1. The highest BCUT2D eigenvalue weighted by Gasteiger charge is 2.33. The van der Waals surface area contributed by atoms with Crippen molar-refractivity contribution in [2.75, 3.05) is 39.5 Å². The molecular formula is C26H34N2O4. The van der Waals surface area contributed by atoms with Crippen LogP contribution < -0.4 is 4.74 Å². The van der Waals surface area contributed by atoms with Gasteiger partial charge in [0.1, 0.15) is 11.9 Å². The number of rotatable bonds is 7.